The van der Waals surface area contributed by atoms with Gasteiger partial charge >= 0.3 is 12.1 Å². The summed E-state index contributed by atoms with van der Waals surface area (Å²) in [5, 5.41) is 0.182. The van der Waals surface area contributed by atoms with E-state index in [0.717, 1.165) is 5.75 Å². The molecule has 0 bridgehead atoms. The standard InChI is InChI=1S/C18H25NO4S/c1-18(2,3)23-17(21)19-11-14(10-15(19)16(20)22-4)24-12-13-8-6-5-7-9-13/h5-9,14-15H,10-12H2,1-4H3/t14-,15-/m0/s1. The third kappa shape index (κ3) is 5.16. The molecule has 2 atom stereocenters. The van der Waals surface area contributed by atoms with E-state index >= 15 is 0 Å². The molecule has 1 heterocycles. The summed E-state index contributed by atoms with van der Waals surface area (Å²) in [6.07, 6.45) is 0.129. The molecular weight excluding hydrogens is 326 g/mol. The van der Waals surface area contributed by atoms with E-state index in [1.807, 2.05) is 39.0 Å². The Hall–Kier alpha value is -1.69. The van der Waals surface area contributed by atoms with Crippen LogP contribution in [0.3, 0.4) is 0 Å². The fourth-order valence-corrected chi connectivity index (χ4v) is 3.79. The van der Waals surface area contributed by atoms with E-state index in [0.29, 0.717) is 13.0 Å². The van der Waals surface area contributed by atoms with Gasteiger partial charge in [-0.1, -0.05) is 30.3 Å². The van der Waals surface area contributed by atoms with Crippen LogP contribution in [0.2, 0.25) is 0 Å². The van der Waals surface area contributed by atoms with Gasteiger partial charge in [-0.25, -0.2) is 9.59 Å². The number of hydrogen-bond acceptors (Lipinski definition) is 5. The molecule has 1 aliphatic rings. The van der Waals surface area contributed by atoms with E-state index in [4.69, 9.17) is 9.47 Å². The minimum Gasteiger partial charge on any atom is -0.467 e. The van der Waals surface area contributed by atoms with Gasteiger partial charge in [-0.05, 0) is 32.8 Å². The van der Waals surface area contributed by atoms with Crippen molar-refractivity contribution >= 4 is 23.8 Å². The lowest BCUT2D eigenvalue weighted by molar-refractivity contribution is -0.145. The topological polar surface area (TPSA) is 55.8 Å². The first-order valence-electron chi connectivity index (χ1n) is 8.03. The van der Waals surface area contributed by atoms with Gasteiger partial charge in [-0.3, -0.25) is 4.90 Å². The molecule has 132 valence electrons. The highest BCUT2D eigenvalue weighted by Gasteiger charge is 2.42. The minimum atomic E-state index is -0.590. The highest BCUT2D eigenvalue weighted by molar-refractivity contribution is 7.99. The van der Waals surface area contributed by atoms with E-state index in [1.165, 1.54) is 17.6 Å². The van der Waals surface area contributed by atoms with Crippen LogP contribution in [0.4, 0.5) is 4.79 Å². The van der Waals surface area contributed by atoms with Gasteiger partial charge in [0.1, 0.15) is 11.6 Å². The molecule has 6 heteroatoms. The van der Waals surface area contributed by atoms with Crippen molar-refractivity contribution in [1.29, 1.82) is 0 Å². The highest BCUT2D eigenvalue weighted by atomic mass is 32.2. The molecule has 2 rings (SSSR count). The van der Waals surface area contributed by atoms with Crippen molar-refractivity contribution in [3.8, 4) is 0 Å². The van der Waals surface area contributed by atoms with E-state index in [9.17, 15) is 9.59 Å². The molecule has 0 N–H and O–H groups in total. The van der Waals surface area contributed by atoms with Gasteiger partial charge in [0.2, 0.25) is 0 Å². The first-order chi connectivity index (χ1) is 11.3. The fourth-order valence-electron chi connectivity index (χ4n) is 2.59. The third-order valence-electron chi connectivity index (χ3n) is 3.69. The molecule has 0 saturated carbocycles. The van der Waals surface area contributed by atoms with Crippen LogP contribution >= 0.6 is 11.8 Å². The summed E-state index contributed by atoms with van der Waals surface area (Å²) in [4.78, 5) is 25.9. The number of thioether (sulfide) groups is 1. The summed E-state index contributed by atoms with van der Waals surface area (Å²) in [6.45, 7) is 5.94. The predicted octanol–water partition coefficient (Wildman–Crippen LogP) is 3.47. The van der Waals surface area contributed by atoms with Crippen LogP contribution in [0, 0.1) is 0 Å². The minimum absolute atomic E-state index is 0.182. The SMILES string of the molecule is COC(=O)[C@@H]1C[C@H](SCc2ccccc2)CN1C(=O)OC(C)(C)C. The second kappa shape index (κ2) is 7.92. The molecule has 1 aliphatic heterocycles. The van der Waals surface area contributed by atoms with E-state index in [1.54, 1.807) is 11.8 Å². The summed E-state index contributed by atoms with van der Waals surface area (Å²) in [5.41, 5.74) is 0.639. The quantitative estimate of drug-likeness (QED) is 0.778. The Bertz CT molecular complexity index is 570. The van der Waals surface area contributed by atoms with E-state index in [2.05, 4.69) is 12.1 Å². The average molecular weight is 351 g/mol. The normalized spacial score (nSPS) is 20.8. The number of methoxy groups -OCH3 is 1. The molecule has 0 unspecified atom stereocenters. The van der Waals surface area contributed by atoms with Crippen molar-refractivity contribution in [2.75, 3.05) is 13.7 Å². The molecule has 5 nitrogen and oxygen atoms in total. The van der Waals surface area contributed by atoms with E-state index < -0.39 is 17.7 Å². The molecule has 1 aromatic rings. The number of carbonyl (C=O) groups excluding carboxylic acids is 2. The Balaban J connectivity index is 2.01. The van der Waals surface area contributed by atoms with Gasteiger partial charge in [-0.15, -0.1) is 0 Å². The summed E-state index contributed by atoms with van der Waals surface area (Å²) < 4.78 is 10.3. The van der Waals surface area contributed by atoms with Crippen LogP contribution in [-0.4, -0.2) is 47.5 Å². The number of hydrogen-bond donors (Lipinski definition) is 0. The molecule has 1 saturated heterocycles. The summed E-state index contributed by atoms with van der Waals surface area (Å²) in [6, 6.07) is 9.58. The van der Waals surface area contributed by atoms with Crippen LogP contribution in [0.25, 0.3) is 0 Å². The van der Waals surface area contributed by atoms with Gasteiger partial charge in [0, 0.05) is 17.5 Å². The largest absolute Gasteiger partial charge is 0.467 e. The lowest BCUT2D eigenvalue weighted by Crippen LogP contribution is -2.43. The fraction of sp³-hybridized carbons (Fsp3) is 0.556. The zero-order chi connectivity index (χ0) is 17.7. The number of amides is 1. The van der Waals surface area contributed by atoms with Crippen LogP contribution in [0.15, 0.2) is 30.3 Å². The van der Waals surface area contributed by atoms with Gasteiger partial charge in [0.05, 0.1) is 7.11 Å². The number of carbonyl (C=O) groups is 2. The Morgan fingerprint density at radius 2 is 1.92 bits per heavy atom. The number of benzene rings is 1. The highest BCUT2D eigenvalue weighted by Crippen LogP contribution is 2.31. The number of esters is 1. The summed E-state index contributed by atoms with van der Waals surface area (Å²) in [5.74, 6) is 0.463. The number of nitrogens with zero attached hydrogens (tertiary/aromatic N) is 1. The van der Waals surface area contributed by atoms with Crippen molar-refractivity contribution in [1.82, 2.24) is 4.90 Å². The maximum absolute atomic E-state index is 12.4. The zero-order valence-corrected chi connectivity index (χ0v) is 15.5. The second-order valence-corrected chi connectivity index (χ2v) is 8.11. The van der Waals surface area contributed by atoms with Gasteiger partial charge < -0.3 is 9.47 Å². The Morgan fingerprint density at radius 1 is 1.25 bits per heavy atom. The monoisotopic (exact) mass is 351 g/mol. The molecule has 1 aromatic carbocycles. The number of ether oxygens (including phenoxy) is 2. The first kappa shape index (κ1) is 18.6. The average Bonchev–Trinajstić information content (AvgIpc) is 2.96. The molecule has 0 aromatic heterocycles. The van der Waals surface area contributed by atoms with Crippen molar-refractivity contribution in [2.24, 2.45) is 0 Å². The first-order valence-corrected chi connectivity index (χ1v) is 9.08. The Morgan fingerprint density at radius 3 is 2.50 bits per heavy atom. The third-order valence-corrected chi connectivity index (χ3v) is 5.01. The molecule has 24 heavy (non-hydrogen) atoms. The molecule has 0 aliphatic carbocycles. The maximum atomic E-state index is 12.4. The van der Waals surface area contributed by atoms with Crippen molar-refractivity contribution in [2.45, 2.75) is 49.8 Å². The smallest absolute Gasteiger partial charge is 0.411 e. The maximum Gasteiger partial charge on any atom is 0.411 e. The van der Waals surface area contributed by atoms with E-state index in [-0.39, 0.29) is 11.2 Å². The lowest BCUT2D eigenvalue weighted by atomic mass is 10.2. The van der Waals surface area contributed by atoms with Crippen molar-refractivity contribution in [3.05, 3.63) is 35.9 Å². The van der Waals surface area contributed by atoms with Gasteiger partial charge in [0.15, 0.2) is 0 Å². The second-order valence-electron chi connectivity index (χ2n) is 6.83. The van der Waals surface area contributed by atoms with Gasteiger partial charge in [-0.2, -0.15) is 11.8 Å². The predicted molar refractivity (Wildman–Crippen MR) is 94.9 cm³/mol. The van der Waals surface area contributed by atoms with Crippen LogP contribution in [0.1, 0.15) is 32.8 Å². The molecule has 1 amide bonds. The van der Waals surface area contributed by atoms with Crippen molar-refractivity contribution < 1.29 is 19.1 Å². The van der Waals surface area contributed by atoms with Crippen LogP contribution < -0.4 is 0 Å². The number of rotatable bonds is 4. The van der Waals surface area contributed by atoms with Crippen LogP contribution in [0.5, 0.6) is 0 Å². The lowest BCUT2D eigenvalue weighted by Gasteiger charge is -2.27. The Labute approximate surface area is 147 Å². The van der Waals surface area contributed by atoms with Gasteiger partial charge in [0.25, 0.3) is 0 Å². The van der Waals surface area contributed by atoms with Crippen molar-refractivity contribution in [3.63, 3.8) is 0 Å². The molecular formula is C18H25NO4S. The molecule has 1 fully saturated rings. The number of likely N-dealkylation sites (tertiary alicyclic amines) is 1. The summed E-state index contributed by atoms with van der Waals surface area (Å²) >= 11 is 1.75. The van der Waals surface area contributed by atoms with Crippen LogP contribution in [-0.2, 0) is 20.0 Å². The summed E-state index contributed by atoms with van der Waals surface area (Å²) in [7, 11) is 1.35. The Kier molecular flexibility index (Phi) is 6.15. The molecule has 0 radical (unpaired) electrons. The zero-order valence-electron chi connectivity index (χ0n) is 14.7. The molecule has 0 spiro atoms.